The molecule has 6 N–H and O–H groups in total. The number of ether oxygens (including phenoxy) is 1. The lowest BCUT2D eigenvalue weighted by Crippen LogP contribution is -2.53. The second-order valence-electron chi connectivity index (χ2n) is 4.20. The summed E-state index contributed by atoms with van der Waals surface area (Å²) in [5.74, 6) is -4.84. The van der Waals surface area contributed by atoms with Gasteiger partial charge in [-0.1, -0.05) is 0 Å². The molecule has 1 saturated heterocycles. The molecule has 0 unspecified atom stereocenters. The van der Waals surface area contributed by atoms with Crippen LogP contribution in [0.1, 0.15) is 13.8 Å². The van der Waals surface area contributed by atoms with Gasteiger partial charge in [-0.15, -0.1) is 0 Å². The van der Waals surface area contributed by atoms with Gasteiger partial charge in [-0.2, -0.15) is 0 Å². The van der Waals surface area contributed by atoms with Crippen LogP contribution in [-0.2, 0) is 4.74 Å². The number of aliphatic hydroxyl groups excluding tert-OH is 3. The van der Waals surface area contributed by atoms with Crippen LogP contribution >= 0.6 is 0 Å². The molecule has 0 aliphatic carbocycles. The summed E-state index contributed by atoms with van der Waals surface area (Å²) in [6, 6.07) is 0. The first kappa shape index (κ1) is 12.8. The molecule has 0 bridgehead atoms. The van der Waals surface area contributed by atoms with Crippen molar-refractivity contribution in [2.75, 3.05) is 6.61 Å². The lowest BCUT2D eigenvalue weighted by molar-refractivity contribution is -0.162. The average molecular weight is 224 g/mol. The first-order chi connectivity index (χ1) is 6.60. The van der Waals surface area contributed by atoms with E-state index in [0.29, 0.717) is 0 Å². The highest BCUT2D eigenvalue weighted by Crippen LogP contribution is 2.53. The van der Waals surface area contributed by atoms with Crippen molar-refractivity contribution < 1.29 is 35.4 Å². The number of epoxide rings is 1. The van der Waals surface area contributed by atoms with Crippen molar-refractivity contribution in [1.29, 1.82) is 0 Å². The van der Waals surface area contributed by atoms with Crippen LogP contribution in [0.5, 0.6) is 0 Å². The van der Waals surface area contributed by atoms with Gasteiger partial charge < -0.3 is 35.4 Å². The molecule has 7 heteroatoms. The summed E-state index contributed by atoms with van der Waals surface area (Å²) in [6.07, 6.45) is -3.59. The zero-order chi connectivity index (χ0) is 12.1. The molecule has 4 atom stereocenters. The van der Waals surface area contributed by atoms with E-state index in [9.17, 15) is 20.4 Å². The molecule has 7 nitrogen and oxygen atoms in total. The third-order valence-electron chi connectivity index (χ3n) is 2.53. The monoisotopic (exact) mass is 224 g/mol. The third-order valence-corrected chi connectivity index (χ3v) is 2.53. The first-order valence-electron chi connectivity index (χ1n) is 4.44. The van der Waals surface area contributed by atoms with Crippen molar-refractivity contribution in [3.05, 3.63) is 0 Å². The molecule has 90 valence electrons. The third kappa shape index (κ3) is 1.66. The Bertz CT molecular complexity index is 250. The van der Waals surface area contributed by atoms with Gasteiger partial charge in [-0.3, -0.25) is 0 Å². The highest BCUT2D eigenvalue weighted by molar-refractivity contribution is 5.14. The van der Waals surface area contributed by atoms with Gasteiger partial charge in [0.1, 0.15) is 17.8 Å². The van der Waals surface area contributed by atoms with E-state index in [0.717, 1.165) is 0 Å². The molecule has 0 aromatic heterocycles. The molecule has 15 heavy (non-hydrogen) atoms. The number of hydrogen-bond donors (Lipinski definition) is 6. The Balaban J connectivity index is 2.83. The summed E-state index contributed by atoms with van der Waals surface area (Å²) >= 11 is 0. The Morgan fingerprint density at radius 2 is 1.73 bits per heavy atom. The second kappa shape index (κ2) is 3.36. The topological polar surface area (TPSA) is 134 Å². The predicted molar refractivity (Wildman–Crippen MR) is 46.4 cm³/mol. The fourth-order valence-electron chi connectivity index (χ4n) is 1.38. The molecule has 1 aliphatic heterocycles. The summed E-state index contributed by atoms with van der Waals surface area (Å²) in [4.78, 5) is 0. The molecule has 0 amide bonds. The highest BCUT2D eigenvalue weighted by atomic mass is 16.9. The summed E-state index contributed by atoms with van der Waals surface area (Å²) < 4.78 is 4.48. The minimum absolute atomic E-state index is 0.811. The maximum atomic E-state index is 9.62. The minimum atomic E-state index is -2.48. The Kier molecular flexibility index (Phi) is 2.86. The Labute approximate surface area is 86.2 Å². The Hall–Kier alpha value is -0.280. The fraction of sp³-hybridized carbons (Fsp3) is 1.00. The fourth-order valence-corrected chi connectivity index (χ4v) is 1.38. The summed E-state index contributed by atoms with van der Waals surface area (Å²) in [5.41, 5.74) is -1.82. The van der Waals surface area contributed by atoms with Gasteiger partial charge in [-0.05, 0) is 13.8 Å². The van der Waals surface area contributed by atoms with Crippen LogP contribution < -0.4 is 0 Å². The van der Waals surface area contributed by atoms with Crippen molar-refractivity contribution >= 4 is 0 Å². The summed E-state index contributed by atoms with van der Waals surface area (Å²) in [5, 5.41) is 55.7. The van der Waals surface area contributed by atoms with E-state index in [1.54, 1.807) is 0 Å². The molecular formula is C8H16O7. The van der Waals surface area contributed by atoms with Gasteiger partial charge in [0, 0.05) is 0 Å². The summed E-state index contributed by atoms with van der Waals surface area (Å²) in [7, 11) is 0. The van der Waals surface area contributed by atoms with Crippen molar-refractivity contribution in [1.82, 2.24) is 0 Å². The van der Waals surface area contributed by atoms with Crippen LogP contribution in [0.4, 0.5) is 0 Å². The second-order valence-corrected chi connectivity index (χ2v) is 4.20. The molecule has 0 spiro atoms. The minimum Gasteiger partial charge on any atom is -0.394 e. The first-order valence-corrected chi connectivity index (χ1v) is 4.44. The van der Waals surface area contributed by atoms with Crippen LogP contribution in [0.3, 0.4) is 0 Å². The molecular weight excluding hydrogens is 208 g/mol. The lowest BCUT2D eigenvalue weighted by Gasteiger charge is -2.26. The van der Waals surface area contributed by atoms with Crippen molar-refractivity contribution in [2.45, 2.75) is 43.2 Å². The smallest absolute Gasteiger partial charge is 0.256 e. The Morgan fingerprint density at radius 1 is 1.27 bits per heavy atom. The van der Waals surface area contributed by atoms with E-state index >= 15 is 0 Å². The zero-order valence-corrected chi connectivity index (χ0v) is 8.45. The maximum absolute atomic E-state index is 9.62. The Morgan fingerprint density at radius 3 is 2.00 bits per heavy atom. The van der Waals surface area contributed by atoms with Crippen molar-refractivity contribution in [2.24, 2.45) is 0 Å². The molecule has 0 radical (unpaired) electrons. The number of hydrogen-bond acceptors (Lipinski definition) is 7. The predicted octanol–water partition coefficient (Wildman–Crippen LogP) is -3.12. The lowest BCUT2D eigenvalue weighted by atomic mass is 9.92. The SMILES string of the molecule is CC(C)(O)[C@@]1(O)O[C@]1(O)[C@H](O)[C@H](O)CO. The van der Waals surface area contributed by atoms with E-state index in [1.807, 2.05) is 0 Å². The standard InChI is InChI=1S/C8H16O7/c1-6(2,12)8(14)7(13,15-8)5(11)4(10)3-9/h4-5,9-14H,3H2,1-2H3/t4-,5-,7-,8-/m1/s1. The van der Waals surface area contributed by atoms with Crippen molar-refractivity contribution in [3.63, 3.8) is 0 Å². The molecule has 1 aliphatic rings. The van der Waals surface area contributed by atoms with Gasteiger partial charge in [0.2, 0.25) is 0 Å². The average Bonchev–Trinajstić information content (AvgIpc) is 2.69. The van der Waals surface area contributed by atoms with Gasteiger partial charge >= 0.3 is 0 Å². The number of rotatable bonds is 4. The van der Waals surface area contributed by atoms with E-state index in [-0.39, 0.29) is 0 Å². The van der Waals surface area contributed by atoms with Crippen LogP contribution in [0, 0.1) is 0 Å². The van der Waals surface area contributed by atoms with E-state index < -0.39 is 36.0 Å². The summed E-state index contributed by atoms with van der Waals surface area (Å²) in [6.45, 7) is 1.53. The van der Waals surface area contributed by atoms with E-state index in [2.05, 4.69) is 4.74 Å². The molecule has 0 aromatic rings. The molecule has 1 rings (SSSR count). The van der Waals surface area contributed by atoms with Crippen LogP contribution in [-0.4, -0.2) is 66.6 Å². The van der Waals surface area contributed by atoms with Gasteiger partial charge in [-0.25, -0.2) is 0 Å². The normalized spacial score (nSPS) is 40.0. The highest BCUT2D eigenvalue weighted by Gasteiger charge is 2.80. The van der Waals surface area contributed by atoms with Gasteiger partial charge in [0.25, 0.3) is 11.6 Å². The van der Waals surface area contributed by atoms with Crippen LogP contribution in [0.15, 0.2) is 0 Å². The van der Waals surface area contributed by atoms with E-state index in [1.165, 1.54) is 13.8 Å². The van der Waals surface area contributed by atoms with Crippen LogP contribution in [0.25, 0.3) is 0 Å². The van der Waals surface area contributed by atoms with Gasteiger partial charge in [0.05, 0.1) is 6.61 Å². The van der Waals surface area contributed by atoms with Crippen molar-refractivity contribution in [3.8, 4) is 0 Å². The quantitative estimate of drug-likeness (QED) is 0.278. The van der Waals surface area contributed by atoms with Gasteiger partial charge in [0.15, 0.2) is 0 Å². The molecule has 0 aromatic carbocycles. The molecule has 1 heterocycles. The molecule has 0 saturated carbocycles. The number of aliphatic hydroxyl groups is 6. The molecule has 1 fully saturated rings. The van der Waals surface area contributed by atoms with Crippen LogP contribution in [0.2, 0.25) is 0 Å². The van der Waals surface area contributed by atoms with E-state index in [4.69, 9.17) is 10.2 Å². The maximum Gasteiger partial charge on any atom is 0.256 e. The zero-order valence-electron chi connectivity index (χ0n) is 8.45. The largest absolute Gasteiger partial charge is 0.394 e.